The van der Waals surface area contributed by atoms with E-state index in [2.05, 4.69) is 12.2 Å². The molecule has 0 aliphatic heterocycles. The van der Waals surface area contributed by atoms with E-state index in [4.69, 9.17) is 27.9 Å². The number of halogens is 2. The topological polar surface area (TPSA) is 58.6 Å². The molecule has 0 bridgehead atoms. The number of amides is 2. The summed E-state index contributed by atoms with van der Waals surface area (Å²) in [6.45, 7) is 4.64. The van der Waals surface area contributed by atoms with E-state index in [0.29, 0.717) is 28.8 Å². The van der Waals surface area contributed by atoms with Gasteiger partial charge in [-0.25, -0.2) is 0 Å². The Bertz CT molecular complexity index is 1150. The van der Waals surface area contributed by atoms with Gasteiger partial charge < -0.3 is 15.0 Å². The van der Waals surface area contributed by atoms with Gasteiger partial charge in [0.2, 0.25) is 5.91 Å². The number of rotatable bonds is 12. The van der Waals surface area contributed by atoms with Crippen molar-refractivity contribution >= 4 is 35.0 Å². The highest BCUT2D eigenvalue weighted by Gasteiger charge is 2.30. The van der Waals surface area contributed by atoms with E-state index in [1.54, 1.807) is 23.1 Å². The Morgan fingerprint density at radius 2 is 1.72 bits per heavy atom. The van der Waals surface area contributed by atoms with Crippen molar-refractivity contribution in [1.82, 2.24) is 10.2 Å². The summed E-state index contributed by atoms with van der Waals surface area (Å²) in [4.78, 5) is 28.6. The van der Waals surface area contributed by atoms with Gasteiger partial charge in [0.15, 0.2) is 6.61 Å². The van der Waals surface area contributed by atoms with Gasteiger partial charge in [-0.2, -0.15) is 0 Å². The second-order valence-corrected chi connectivity index (χ2v) is 9.57. The Hall–Kier alpha value is -3.02. The maximum Gasteiger partial charge on any atom is 0.261 e. The summed E-state index contributed by atoms with van der Waals surface area (Å²) in [6.07, 6.45) is 2.22. The molecule has 0 radical (unpaired) electrons. The van der Waals surface area contributed by atoms with Crippen LogP contribution in [0.5, 0.6) is 5.75 Å². The average Bonchev–Trinajstić information content (AvgIpc) is 2.86. The summed E-state index contributed by atoms with van der Waals surface area (Å²) in [5.41, 5.74) is 2.99. The van der Waals surface area contributed by atoms with Crippen molar-refractivity contribution in [3.63, 3.8) is 0 Å². The lowest BCUT2D eigenvalue weighted by molar-refractivity contribution is -0.142. The van der Waals surface area contributed by atoms with Gasteiger partial charge >= 0.3 is 0 Å². The molecule has 0 saturated heterocycles. The van der Waals surface area contributed by atoms with Crippen molar-refractivity contribution in [3.05, 3.63) is 99.5 Å². The number of carbonyl (C=O) groups is 2. The largest absolute Gasteiger partial charge is 0.482 e. The van der Waals surface area contributed by atoms with Gasteiger partial charge in [0.05, 0.1) is 5.02 Å². The van der Waals surface area contributed by atoms with Gasteiger partial charge in [0, 0.05) is 24.5 Å². The van der Waals surface area contributed by atoms with Crippen molar-refractivity contribution < 1.29 is 14.3 Å². The van der Waals surface area contributed by atoms with Crippen LogP contribution in [0.1, 0.15) is 36.5 Å². The Morgan fingerprint density at radius 1 is 0.972 bits per heavy atom. The van der Waals surface area contributed by atoms with Gasteiger partial charge in [-0.1, -0.05) is 96.7 Å². The maximum atomic E-state index is 13.6. The van der Waals surface area contributed by atoms with Crippen LogP contribution in [0.15, 0.2) is 72.8 Å². The van der Waals surface area contributed by atoms with Crippen LogP contribution < -0.4 is 10.1 Å². The van der Waals surface area contributed by atoms with E-state index in [0.717, 1.165) is 29.5 Å². The second-order valence-electron chi connectivity index (χ2n) is 8.72. The van der Waals surface area contributed by atoms with E-state index in [9.17, 15) is 9.59 Å². The first-order valence-electron chi connectivity index (χ1n) is 12.1. The Labute approximate surface area is 223 Å². The third kappa shape index (κ3) is 8.28. The molecule has 190 valence electrons. The molecule has 0 fully saturated rings. The molecule has 0 unspecified atom stereocenters. The number of hydrogen-bond acceptors (Lipinski definition) is 3. The van der Waals surface area contributed by atoms with Gasteiger partial charge in [-0.15, -0.1) is 0 Å². The molecule has 1 atom stereocenters. The highest BCUT2D eigenvalue weighted by molar-refractivity contribution is 6.35. The Balaban J connectivity index is 1.89. The maximum absolute atomic E-state index is 13.6. The zero-order valence-corrected chi connectivity index (χ0v) is 22.2. The summed E-state index contributed by atoms with van der Waals surface area (Å²) in [5, 5.41) is 3.81. The zero-order valence-electron chi connectivity index (χ0n) is 20.7. The minimum absolute atomic E-state index is 0.183. The number of nitrogens with one attached hydrogen (secondary N) is 1. The first-order chi connectivity index (χ1) is 17.4. The molecule has 0 saturated carbocycles. The van der Waals surface area contributed by atoms with Gasteiger partial charge in [0.1, 0.15) is 11.8 Å². The molecular formula is C29H32Cl2N2O3. The first kappa shape index (κ1) is 27.6. The number of nitrogens with zero attached hydrogens (tertiary/aromatic N) is 1. The van der Waals surface area contributed by atoms with Crippen molar-refractivity contribution in [2.75, 3.05) is 13.2 Å². The van der Waals surface area contributed by atoms with Crippen LogP contribution in [-0.2, 0) is 22.6 Å². The standard InChI is InChI=1S/C29H32Cl2N2O3/c1-3-4-15-32-29(35)26(17-22-10-6-5-7-11-22)33(19-23-12-8-9-21(2)16-23)28(34)20-36-27-14-13-24(30)18-25(27)31/h5-14,16,18,26H,3-4,15,17,19-20H2,1-2H3,(H,32,35)/t26-/m0/s1. The molecule has 0 aliphatic carbocycles. The number of benzene rings is 3. The predicted octanol–water partition coefficient (Wildman–Crippen LogP) is 6.24. The van der Waals surface area contributed by atoms with E-state index in [1.165, 1.54) is 0 Å². The van der Waals surface area contributed by atoms with Crippen LogP contribution >= 0.6 is 23.2 Å². The van der Waals surface area contributed by atoms with Crippen molar-refractivity contribution in [1.29, 1.82) is 0 Å². The molecule has 3 rings (SSSR count). The minimum atomic E-state index is -0.707. The fourth-order valence-corrected chi connectivity index (χ4v) is 4.35. The first-order valence-corrected chi connectivity index (χ1v) is 12.9. The molecule has 7 heteroatoms. The molecule has 0 aliphatic rings. The summed E-state index contributed by atoms with van der Waals surface area (Å²) >= 11 is 12.2. The zero-order chi connectivity index (χ0) is 25.9. The third-order valence-electron chi connectivity index (χ3n) is 5.78. The molecule has 36 heavy (non-hydrogen) atoms. The van der Waals surface area contributed by atoms with Crippen LogP contribution in [-0.4, -0.2) is 35.9 Å². The van der Waals surface area contributed by atoms with E-state index in [-0.39, 0.29) is 25.0 Å². The number of unbranched alkanes of at least 4 members (excludes halogenated alkanes) is 1. The fourth-order valence-electron chi connectivity index (χ4n) is 3.88. The van der Waals surface area contributed by atoms with Crippen LogP contribution in [0.4, 0.5) is 0 Å². The Kier molecular flexibility index (Phi) is 10.6. The van der Waals surface area contributed by atoms with Gasteiger partial charge in [-0.3, -0.25) is 9.59 Å². The van der Waals surface area contributed by atoms with Crippen LogP contribution in [0, 0.1) is 6.92 Å². The highest BCUT2D eigenvalue weighted by atomic mass is 35.5. The van der Waals surface area contributed by atoms with Crippen molar-refractivity contribution in [2.24, 2.45) is 0 Å². The quantitative estimate of drug-likeness (QED) is 0.284. The van der Waals surface area contributed by atoms with E-state index >= 15 is 0 Å². The van der Waals surface area contributed by atoms with Crippen LogP contribution in [0.25, 0.3) is 0 Å². The molecule has 0 spiro atoms. The molecule has 1 N–H and O–H groups in total. The van der Waals surface area contributed by atoms with E-state index < -0.39 is 6.04 Å². The molecule has 0 heterocycles. The van der Waals surface area contributed by atoms with Crippen LogP contribution in [0.2, 0.25) is 10.0 Å². The monoisotopic (exact) mass is 526 g/mol. The predicted molar refractivity (Wildman–Crippen MR) is 146 cm³/mol. The number of carbonyl (C=O) groups excluding carboxylic acids is 2. The minimum Gasteiger partial charge on any atom is -0.482 e. The molecule has 2 amide bonds. The van der Waals surface area contributed by atoms with Crippen molar-refractivity contribution in [3.8, 4) is 5.75 Å². The normalized spacial score (nSPS) is 11.6. The lowest BCUT2D eigenvalue weighted by atomic mass is 10.0. The van der Waals surface area contributed by atoms with Crippen LogP contribution in [0.3, 0.4) is 0 Å². The number of ether oxygens (including phenoxy) is 1. The third-order valence-corrected chi connectivity index (χ3v) is 6.31. The smallest absolute Gasteiger partial charge is 0.261 e. The fraction of sp³-hybridized carbons (Fsp3) is 0.310. The lowest BCUT2D eigenvalue weighted by Crippen LogP contribution is -2.51. The van der Waals surface area contributed by atoms with Crippen molar-refractivity contribution in [2.45, 2.75) is 45.7 Å². The number of aryl methyl sites for hydroxylation is 1. The summed E-state index contributed by atoms with van der Waals surface area (Å²) in [7, 11) is 0. The highest BCUT2D eigenvalue weighted by Crippen LogP contribution is 2.27. The molecular weight excluding hydrogens is 495 g/mol. The summed E-state index contributed by atoms with van der Waals surface area (Å²) in [6, 6.07) is 21.8. The SMILES string of the molecule is CCCCNC(=O)[C@H](Cc1ccccc1)N(Cc1cccc(C)c1)C(=O)COc1ccc(Cl)cc1Cl. The molecule has 0 aromatic heterocycles. The summed E-state index contributed by atoms with van der Waals surface area (Å²) in [5.74, 6) is -0.135. The average molecular weight is 527 g/mol. The van der Waals surface area contributed by atoms with Gasteiger partial charge in [0.25, 0.3) is 5.91 Å². The van der Waals surface area contributed by atoms with Gasteiger partial charge in [-0.05, 0) is 42.7 Å². The second kappa shape index (κ2) is 13.9. The lowest BCUT2D eigenvalue weighted by Gasteiger charge is -2.31. The molecule has 3 aromatic rings. The summed E-state index contributed by atoms with van der Waals surface area (Å²) < 4.78 is 5.76. The molecule has 5 nitrogen and oxygen atoms in total. The number of hydrogen-bond donors (Lipinski definition) is 1. The Morgan fingerprint density at radius 3 is 2.42 bits per heavy atom. The molecule has 3 aromatic carbocycles. The van der Waals surface area contributed by atoms with E-state index in [1.807, 2.05) is 61.5 Å².